The SMILES string of the molecule is O=C1C2C3COCC34C2C2C4C3CCCC132. The Kier molecular flexibility index (Phi) is 0.895. The van der Waals surface area contributed by atoms with Crippen LogP contribution in [0, 0.1) is 46.3 Å². The van der Waals surface area contributed by atoms with E-state index in [-0.39, 0.29) is 5.41 Å². The van der Waals surface area contributed by atoms with Crippen molar-refractivity contribution in [3.05, 3.63) is 0 Å². The van der Waals surface area contributed by atoms with E-state index in [1.807, 2.05) is 0 Å². The molecule has 2 nitrogen and oxygen atoms in total. The molecule has 1 heterocycles. The molecule has 1 saturated heterocycles. The third kappa shape index (κ3) is 0.401. The molecule has 5 saturated carbocycles. The molecule has 0 bridgehead atoms. The summed E-state index contributed by atoms with van der Waals surface area (Å²) in [6, 6.07) is 0. The smallest absolute Gasteiger partial charge is 0.143 e. The number of carbonyl (C=O) groups is 1. The highest BCUT2D eigenvalue weighted by molar-refractivity contribution is 5.96. The van der Waals surface area contributed by atoms with Gasteiger partial charge in [0.2, 0.25) is 0 Å². The third-order valence-electron chi connectivity index (χ3n) is 7.73. The summed E-state index contributed by atoms with van der Waals surface area (Å²) in [4.78, 5) is 12.7. The normalized spacial score (nSPS) is 75.9. The highest BCUT2D eigenvalue weighted by Crippen LogP contribution is 2.93. The van der Waals surface area contributed by atoms with Crippen molar-refractivity contribution < 1.29 is 9.53 Å². The van der Waals surface area contributed by atoms with Crippen molar-refractivity contribution in [1.82, 2.24) is 0 Å². The lowest BCUT2D eigenvalue weighted by atomic mass is 9.24. The van der Waals surface area contributed by atoms with Crippen LogP contribution in [0.5, 0.6) is 0 Å². The summed E-state index contributed by atoms with van der Waals surface area (Å²) in [6.45, 7) is 1.90. The first kappa shape index (κ1) is 7.86. The van der Waals surface area contributed by atoms with Crippen LogP contribution in [0.1, 0.15) is 19.3 Å². The first-order chi connectivity index (χ1) is 7.83. The molecule has 6 fully saturated rings. The molecular weight excluding hydrogens is 200 g/mol. The summed E-state index contributed by atoms with van der Waals surface area (Å²) in [5.74, 6) is 5.11. The Bertz CT molecular complexity index is 450. The number of ether oxygens (including phenoxy) is 1. The van der Waals surface area contributed by atoms with Crippen molar-refractivity contribution in [2.75, 3.05) is 13.2 Å². The monoisotopic (exact) mass is 216 g/mol. The third-order valence-corrected chi connectivity index (χ3v) is 7.73. The van der Waals surface area contributed by atoms with E-state index in [0.717, 1.165) is 36.9 Å². The fraction of sp³-hybridized carbons (Fsp3) is 0.929. The quantitative estimate of drug-likeness (QED) is 0.613. The molecule has 0 aromatic carbocycles. The summed E-state index contributed by atoms with van der Waals surface area (Å²) in [6.07, 6.45) is 3.92. The van der Waals surface area contributed by atoms with Crippen molar-refractivity contribution in [3.63, 3.8) is 0 Å². The van der Waals surface area contributed by atoms with Crippen molar-refractivity contribution >= 4 is 5.78 Å². The van der Waals surface area contributed by atoms with Crippen LogP contribution < -0.4 is 0 Å². The average molecular weight is 216 g/mol. The zero-order chi connectivity index (χ0) is 10.3. The lowest BCUT2D eigenvalue weighted by Gasteiger charge is -2.78. The van der Waals surface area contributed by atoms with E-state index in [9.17, 15) is 4.79 Å². The first-order valence-corrected chi connectivity index (χ1v) is 6.95. The molecule has 0 aromatic heterocycles. The minimum Gasteiger partial charge on any atom is -0.381 e. The fourth-order valence-corrected chi connectivity index (χ4v) is 7.68. The van der Waals surface area contributed by atoms with Crippen LogP contribution in [0.25, 0.3) is 0 Å². The summed E-state index contributed by atoms with van der Waals surface area (Å²) < 4.78 is 5.75. The van der Waals surface area contributed by atoms with Crippen LogP contribution >= 0.6 is 0 Å². The van der Waals surface area contributed by atoms with Gasteiger partial charge in [0, 0.05) is 22.7 Å². The van der Waals surface area contributed by atoms with Gasteiger partial charge in [0.15, 0.2) is 0 Å². The predicted molar refractivity (Wildman–Crippen MR) is 55.5 cm³/mol. The second-order valence-electron chi connectivity index (χ2n) is 7.24. The van der Waals surface area contributed by atoms with Crippen LogP contribution in [0.3, 0.4) is 0 Å². The summed E-state index contributed by atoms with van der Waals surface area (Å²) in [5.41, 5.74) is 0.760. The Morgan fingerprint density at radius 3 is 3.06 bits per heavy atom. The molecular formula is C14H16O2. The molecule has 5 aliphatic carbocycles. The van der Waals surface area contributed by atoms with Crippen molar-refractivity contribution in [2.24, 2.45) is 46.3 Å². The van der Waals surface area contributed by atoms with Gasteiger partial charge in [-0.05, 0) is 36.5 Å². The topological polar surface area (TPSA) is 26.3 Å². The van der Waals surface area contributed by atoms with Crippen molar-refractivity contribution in [1.29, 1.82) is 0 Å². The summed E-state index contributed by atoms with van der Waals surface area (Å²) in [5, 5.41) is 0. The molecule has 0 radical (unpaired) electrons. The van der Waals surface area contributed by atoms with E-state index in [0.29, 0.717) is 23.0 Å². The minimum absolute atomic E-state index is 0.232. The summed E-state index contributed by atoms with van der Waals surface area (Å²) in [7, 11) is 0. The highest BCUT2D eigenvalue weighted by atomic mass is 16.5. The van der Waals surface area contributed by atoms with Gasteiger partial charge in [0.25, 0.3) is 0 Å². The number of hydrogen-bond donors (Lipinski definition) is 0. The van der Waals surface area contributed by atoms with Gasteiger partial charge in [-0.2, -0.15) is 0 Å². The van der Waals surface area contributed by atoms with E-state index in [2.05, 4.69) is 0 Å². The molecule has 84 valence electrons. The van der Waals surface area contributed by atoms with E-state index in [1.54, 1.807) is 0 Å². The molecule has 6 rings (SSSR count). The van der Waals surface area contributed by atoms with Gasteiger partial charge in [-0.25, -0.2) is 0 Å². The first-order valence-electron chi connectivity index (χ1n) is 6.95. The molecule has 8 atom stereocenters. The number of fused-ring (bicyclic) bond motifs is 2. The van der Waals surface area contributed by atoms with Gasteiger partial charge in [-0.3, -0.25) is 4.79 Å². The van der Waals surface area contributed by atoms with Gasteiger partial charge in [-0.15, -0.1) is 0 Å². The number of carbonyl (C=O) groups excluding carboxylic acids is 1. The van der Waals surface area contributed by atoms with Crippen LogP contribution in [-0.2, 0) is 9.53 Å². The second kappa shape index (κ2) is 1.82. The van der Waals surface area contributed by atoms with Crippen LogP contribution in [0.4, 0.5) is 0 Å². The van der Waals surface area contributed by atoms with Gasteiger partial charge < -0.3 is 4.74 Å². The number of Topliss-reactive ketones (excluding diaryl/α,β-unsaturated/α-hetero) is 1. The molecule has 0 amide bonds. The second-order valence-corrected chi connectivity index (χ2v) is 7.24. The van der Waals surface area contributed by atoms with Crippen molar-refractivity contribution in [2.45, 2.75) is 19.3 Å². The molecule has 2 spiro atoms. The average Bonchev–Trinajstić information content (AvgIpc) is 2.80. The van der Waals surface area contributed by atoms with Gasteiger partial charge in [0.05, 0.1) is 13.2 Å². The number of rotatable bonds is 0. The zero-order valence-corrected chi connectivity index (χ0v) is 9.32. The Morgan fingerprint density at radius 1 is 1.19 bits per heavy atom. The molecule has 6 aliphatic rings. The van der Waals surface area contributed by atoms with Crippen LogP contribution in [0.2, 0.25) is 0 Å². The van der Waals surface area contributed by atoms with Gasteiger partial charge in [0.1, 0.15) is 5.78 Å². The highest BCUT2D eigenvalue weighted by Gasteiger charge is 2.95. The summed E-state index contributed by atoms with van der Waals surface area (Å²) >= 11 is 0. The lowest BCUT2D eigenvalue weighted by Crippen LogP contribution is -2.78. The van der Waals surface area contributed by atoms with Crippen LogP contribution in [0.15, 0.2) is 0 Å². The maximum absolute atomic E-state index is 12.7. The Balaban J connectivity index is 1.64. The van der Waals surface area contributed by atoms with Gasteiger partial charge in [-0.1, -0.05) is 6.42 Å². The maximum atomic E-state index is 12.7. The molecule has 0 aromatic rings. The lowest BCUT2D eigenvalue weighted by molar-refractivity contribution is -0.328. The molecule has 16 heavy (non-hydrogen) atoms. The maximum Gasteiger partial charge on any atom is 0.143 e. The minimum atomic E-state index is 0.232. The van der Waals surface area contributed by atoms with E-state index >= 15 is 0 Å². The number of ketones is 1. The van der Waals surface area contributed by atoms with Crippen molar-refractivity contribution in [3.8, 4) is 0 Å². The standard InChI is InChI=1S/C14H16O2/c15-12-8-7-4-16-5-14(7)9-6-2-1-3-13(6,12)11(9)10(8)14/h6-11H,1-5H2. The van der Waals surface area contributed by atoms with Crippen LogP contribution in [-0.4, -0.2) is 19.0 Å². The Labute approximate surface area is 94.7 Å². The van der Waals surface area contributed by atoms with E-state index in [4.69, 9.17) is 4.74 Å². The van der Waals surface area contributed by atoms with E-state index in [1.165, 1.54) is 19.3 Å². The largest absolute Gasteiger partial charge is 0.381 e. The Morgan fingerprint density at radius 2 is 2.12 bits per heavy atom. The molecule has 2 heteroatoms. The molecule has 8 unspecified atom stereocenters. The molecule has 0 N–H and O–H groups in total. The van der Waals surface area contributed by atoms with Gasteiger partial charge >= 0.3 is 0 Å². The predicted octanol–water partition coefficient (Wildman–Crippen LogP) is 1.49. The molecule has 1 aliphatic heterocycles. The zero-order valence-electron chi connectivity index (χ0n) is 9.32. The Hall–Kier alpha value is -0.370. The number of hydrogen-bond acceptors (Lipinski definition) is 2. The fourth-order valence-electron chi connectivity index (χ4n) is 7.68. The van der Waals surface area contributed by atoms with E-state index < -0.39 is 0 Å².